The third-order valence-corrected chi connectivity index (χ3v) is 2.53. The predicted octanol–water partition coefficient (Wildman–Crippen LogP) is 2.47. The van der Waals surface area contributed by atoms with E-state index in [0.29, 0.717) is 6.54 Å². The first kappa shape index (κ1) is 11.7. The highest BCUT2D eigenvalue weighted by atomic mass is 19.1. The van der Waals surface area contributed by atoms with Crippen LogP contribution in [0.15, 0.2) is 42.9 Å². The van der Waals surface area contributed by atoms with Crippen LogP contribution in [0.2, 0.25) is 0 Å². The third-order valence-electron chi connectivity index (χ3n) is 2.53. The highest BCUT2D eigenvalue weighted by Crippen LogP contribution is 2.10. The molecule has 3 nitrogen and oxygen atoms in total. The van der Waals surface area contributed by atoms with Gasteiger partial charge in [-0.05, 0) is 30.7 Å². The van der Waals surface area contributed by atoms with E-state index < -0.39 is 0 Å². The van der Waals surface area contributed by atoms with E-state index in [1.807, 2.05) is 25.3 Å². The number of aromatic nitrogens is 2. The van der Waals surface area contributed by atoms with Gasteiger partial charge in [0.1, 0.15) is 5.82 Å². The summed E-state index contributed by atoms with van der Waals surface area (Å²) in [5, 5.41) is 3.31. The summed E-state index contributed by atoms with van der Waals surface area (Å²) in [6, 6.07) is 7.10. The minimum absolute atomic E-state index is 0.0795. The Labute approximate surface area is 99.7 Å². The second kappa shape index (κ2) is 5.50. The highest BCUT2D eigenvalue weighted by molar-refractivity contribution is 5.11. The zero-order valence-corrected chi connectivity index (χ0v) is 9.60. The van der Waals surface area contributed by atoms with Crippen LogP contribution >= 0.6 is 0 Å². The molecule has 4 heteroatoms. The molecule has 0 aliphatic rings. The number of nitrogens with one attached hydrogen (secondary N) is 1. The van der Waals surface area contributed by atoms with Crippen molar-refractivity contribution in [3.05, 3.63) is 59.9 Å². The van der Waals surface area contributed by atoms with E-state index in [2.05, 4.69) is 15.3 Å². The maximum atomic E-state index is 12.7. The van der Waals surface area contributed by atoms with Crippen molar-refractivity contribution in [2.45, 2.75) is 19.5 Å². The predicted molar refractivity (Wildman–Crippen MR) is 63.7 cm³/mol. The molecule has 2 rings (SSSR count). The summed E-state index contributed by atoms with van der Waals surface area (Å²) in [5.74, 6) is -0.312. The molecule has 2 aromatic heterocycles. The zero-order chi connectivity index (χ0) is 12.1. The molecule has 1 N–H and O–H groups in total. The second-order valence-electron chi connectivity index (χ2n) is 3.87. The van der Waals surface area contributed by atoms with Gasteiger partial charge in [-0.3, -0.25) is 9.97 Å². The van der Waals surface area contributed by atoms with Crippen LogP contribution in [0, 0.1) is 5.82 Å². The Morgan fingerprint density at radius 2 is 2.18 bits per heavy atom. The summed E-state index contributed by atoms with van der Waals surface area (Å²) in [7, 11) is 0. The molecular formula is C13H14FN3. The molecule has 0 aliphatic carbocycles. The molecule has 0 bridgehead atoms. The number of hydrogen-bond acceptors (Lipinski definition) is 3. The molecule has 0 saturated carbocycles. The van der Waals surface area contributed by atoms with Crippen molar-refractivity contribution < 1.29 is 4.39 Å². The number of pyridine rings is 2. The molecule has 1 unspecified atom stereocenters. The van der Waals surface area contributed by atoms with Crippen molar-refractivity contribution in [3.8, 4) is 0 Å². The van der Waals surface area contributed by atoms with Crippen LogP contribution in [0.4, 0.5) is 4.39 Å². The van der Waals surface area contributed by atoms with E-state index in [9.17, 15) is 4.39 Å². The molecule has 0 aromatic carbocycles. The minimum Gasteiger partial charge on any atom is -0.305 e. The first-order chi connectivity index (χ1) is 8.25. The van der Waals surface area contributed by atoms with Crippen molar-refractivity contribution in [3.63, 3.8) is 0 Å². The van der Waals surface area contributed by atoms with E-state index in [0.717, 1.165) is 11.3 Å². The molecule has 0 saturated heterocycles. The molecule has 0 aliphatic heterocycles. The summed E-state index contributed by atoms with van der Waals surface area (Å²) < 4.78 is 12.7. The second-order valence-corrected chi connectivity index (χ2v) is 3.87. The van der Waals surface area contributed by atoms with Crippen molar-refractivity contribution >= 4 is 0 Å². The molecule has 88 valence electrons. The fourth-order valence-corrected chi connectivity index (χ4v) is 1.52. The fourth-order valence-electron chi connectivity index (χ4n) is 1.52. The minimum atomic E-state index is -0.312. The van der Waals surface area contributed by atoms with E-state index in [4.69, 9.17) is 0 Å². The molecular weight excluding hydrogens is 217 g/mol. The molecule has 1 atom stereocenters. The number of hydrogen-bond donors (Lipinski definition) is 1. The van der Waals surface area contributed by atoms with Crippen LogP contribution in [0.5, 0.6) is 0 Å². The first-order valence-corrected chi connectivity index (χ1v) is 5.49. The largest absolute Gasteiger partial charge is 0.305 e. The molecule has 17 heavy (non-hydrogen) atoms. The molecule has 0 amide bonds. The number of nitrogens with zero attached hydrogens (tertiary/aromatic N) is 2. The van der Waals surface area contributed by atoms with Crippen LogP contribution in [0.3, 0.4) is 0 Å². The topological polar surface area (TPSA) is 37.8 Å². The first-order valence-electron chi connectivity index (χ1n) is 5.49. The van der Waals surface area contributed by atoms with Crippen molar-refractivity contribution in [2.24, 2.45) is 0 Å². The summed E-state index contributed by atoms with van der Waals surface area (Å²) in [6.45, 7) is 2.71. The SMILES string of the molecule is CC(NCc1cccnc1)c1ccc(F)cn1. The van der Waals surface area contributed by atoms with Gasteiger partial charge >= 0.3 is 0 Å². The lowest BCUT2D eigenvalue weighted by molar-refractivity contribution is 0.554. The highest BCUT2D eigenvalue weighted by Gasteiger charge is 2.06. The van der Waals surface area contributed by atoms with Gasteiger partial charge in [-0.25, -0.2) is 4.39 Å². The summed E-state index contributed by atoms with van der Waals surface area (Å²) in [6.07, 6.45) is 4.80. The fraction of sp³-hybridized carbons (Fsp3) is 0.231. The number of halogens is 1. The average Bonchev–Trinajstić information content (AvgIpc) is 2.38. The Hall–Kier alpha value is -1.81. The Morgan fingerprint density at radius 3 is 2.82 bits per heavy atom. The van der Waals surface area contributed by atoms with E-state index in [1.165, 1.54) is 12.3 Å². The summed E-state index contributed by atoms with van der Waals surface area (Å²) in [5.41, 5.74) is 1.94. The Balaban J connectivity index is 1.93. The Morgan fingerprint density at radius 1 is 1.29 bits per heavy atom. The monoisotopic (exact) mass is 231 g/mol. The standard InChI is InChI=1S/C13H14FN3/c1-10(13-5-4-12(14)9-17-13)16-8-11-3-2-6-15-7-11/h2-7,9-10,16H,8H2,1H3. The lowest BCUT2D eigenvalue weighted by Gasteiger charge is -2.12. The zero-order valence-electron chi connectivity index (χ0n) is 9.60. The van der Waals surface area contributed by atoms with Crippen LogP contribution in [-0.2, 0) is 6.54 Å². The smallest absolute Gasteiger partial charge is 0.141 e. The summed E-state index contributed by atoms with van der Waals surface area (Å²) >= 11 is 0. The van der Waals surface area contributed by atoms with Crippen molar-refractivity contribution in [1.82, 2.24) is 15.3 Å². The molecule has 0 spiro atoms. The van der Waals surface area contributed by atoms with Gasteiger partial charge in [0, 0.05) is 25.0 Å². The Kier molecular flexibility index (Phi) is 3.77. The quantitative estimate of drug-likeness (QED) is 0.878. The molecule has 0 radical (unpaired) electrons. The maximum absolute atomic E-state index is 12.7. The molecule has 2 aromatic rings. The van der Waals surface area contributed by atoms with Crippen LogP contribution in [0.25, 0.3) is 0 Å². The van der Waals surface area contributed by atoms with Gasteiger partial charge in [-0.2, -0.15) is 0 Å². The Bertz CT molecular complexity index is 456. The lowest BCUT2D eigenvalue weighted by atomic mass is 10.2. The van der Waals surface area contributed by atoms with Gasteiger partial charge < -0.3 is 5.32 Å². The van der Waals surface area contributed by atoms with Gasteiger partial charge in [0.05, 0.1) is 11.9 Å². The van der Waals surface area contributed by atoms with Gasteiger partial charge in [0.2, 0.25) is 0 Å². The van der Waals surface area contributed by atoms with Gasteiger partial charge in [-0.1, -0.05) is 6.07 Å². The molecule has 0 fully saturated rings. The van der Waals surface area contributed by atoms with Crippen molar-refractivity contribution in [2.75, 3.05) is 0 Å². The van der Waals surface area contributed by atoms with E-state index in [1.54, 1.807) is 12.3 Å². The van der Waals surface area contributed by atoms with Gasteiger partial charge in [0.25, 0.3) is 0 Å². The lowest BCUT2D eigenvalue weighted by Crippen LogP contribution is -2.19. The van der Waals surface area contributed by atoms with Gasteiger partial charge in [0.15, 0.2) is 0 Å². The van der Waals surface area contributed by atoms with Crippen LogP contribution in [-0.4, -0.2) is 9.97 Å². The number of rotatable bonds is 4. The third kappa shape index (κ3) is 3.32. The molecule has 2 heterocycles. The average molecular weight is 231 g/mol. The van der Waals surface area contributed by atoms with E-state index >= 15 is 0 Å². The maximum Gasteiger partial charge on any atom is 0.141 e. The summed E-state index contributed by atoms with van der Waals surface area (Å²) in [4.78, 5) is 8.08. The van der Waals surface area contributed by atoms with Crippen LogP contribution < -0.4 is 5.32 Å². The van der Waals surface area contributed by atoms with Crippen molar-refractivity contribution in [1.29, 1.82) is 0 Å². The van der Waals surface area contributed by atoms with Gasteiger partial charge in [-0.15, -0.1) is 0 Å². The van der Waals surface area contributed by atoms with E-state index in [-0.39, 0.29) is 11.9 Å². The van der Waals surface area contributed by atoms with Crippen LogP contribution in [0.1, 0.15) is 24.2 Å². The normalized spacial score (nSPS) is 12.4.